The van der Waals surface area contributed by atoms with Gasteiger partial charge >= 0.3 is 0 Å². The highest BCUT2D eigenvalue weighted by Crippen LogP contribution is 2.19. The summed E-state index contributed by atoms with van der Waals surface area (Å²) in [5.74, 6) is 6.09. The van der Waals surface area contributed by atoms with Gasteiger partial charge in [-0.05, 0) is 42.3 Å². The topological polar surface area (TPSA) is 85.1 Å². The van der Waals surface area contributed by atoms with Gasteiger partial charge in [-0.15, -0.1) is 0 Å². The van der Waals surface area contributed by atoms with Crippen molar-refractivity contribution < 1.29 is 8.42 Å². The lowest BCUT2D eigenvalue weighted by Gasteiger charge is -2.09. The molecule has 0 saturated carbocycles. The van der Waals surface area contributed by atoms with Crippen molar-refractivity contribution in [3.05, 3.63) is 84.1 Å². The van der Waals surface area contributed by atoms with Crippen molar-refractivity contribution in [3.8, 4) is 11.8 Å². The molecule has 25 heavy (non-hydrogen) atoms. The third-order valence-corrected chi connectivity index (χ3v) is 4.70. The summed E-state index contributed by atoms with van der Waals surface area (Å²) in [7, 11) is -3.73. The summed E-state index contributed by atoms with van der Waals surface area (Å²) in [5.41, 5.74) is 7.06. The quantitative estimate of drug-likeness (QED) is 0.712. The lowest BCUT2D eigenvalue weighted by Crippen LogP contribution is -2.14. The number of pyridine rings is 1. The van der Waals surface area contributed by atoms with E-state index >= 15 is 0 Å². The highest BCUT2D eigenvalue weighted by molar-refractivity contribution is 7.92. The van der Waals surface area contributed by atoms with Gasteiger partial charge < -0.3 is 5.73 Å². The van der Waals surface area contributed by atoms with Crippen LogP contribution in [0.4, 0.5) is 11.5 Å². The number of nitrogens with two attached hydrogens (primary N) is 1. The molecule has 0 aliphatic rings. The van der Waals surface area contributed by atoms with Crippen LogP contribution in [0.1, 0.15) is 11.3 Å². The highest BCUT2D eigenvalue weighted by Gasteiger charge is 2.15. The number of nitrogen functional groups attached to an aromatic ring is 1. The van der Waals surface area contributed by atoms with Crippen molar-refractivity contribution in [2.24, 2.45) is 0 Å². The number of rotatable bonds is 3. The van der Waals surface area contributed by atoms with Crippen LogP contribution >= 0.6 is 0 Å². The fourth-order valence-electron chi connectivity index (χ4n) is 2.11. The lowest BCUT2D eigenvalue weighted by atomic mass is 10.2. The molecular formula is C19H15N3O2S. The maximum absolute atomic E-state index is 12.5. The first-order chi connectivity index (χ1) is 12.0. The Morgan fingerprint density at radius 3 is 2.16 bits per heavy atom. The zero-order valence-electron chi connectivity index (χ0n) is 13.2. The zero-order chi connectivity index (χ0) is 17.7. The standard InChI is InChI=1S/C19H15N3O2S/c20-19-14-13-18(22-25(23,24)16-9-5-2-6-10-16)17(21-19)12-11-15-7-3-1-4-8-15/h1-10,13-14,22H,(H2,20,21). The summed E-state index contributed by atoms with van der Waals surface area (Å²) < 4.78 is 27.5. The fraction of sp³-hybridized carbons (Fsp3) is 0. The minimum Gasteiger partial charge on any atom is -0.384 e. The predicted octanol–water partition coefficient (Wildman–Crippen LogP) is 2.86. The molecule has 6 heteroatoms. The molecule has 0 spiro atoms. The first-order valence-corrected chi connectivity index (χ1v) is 8.94. The van der Waals surface area contributed by atoms with Crippen molar-refractivity contribution >= 4 is 21.5 Å². The maximum atomic E-state index is 12.5. The van der Waals surface area contributed by atoms with Crippen LogP contribution in [0.15, 0.2) is 77.7 Å². The van der Waals surface area contributed by atoms with Gasteiger partial charge in [-0.3, -0.25) is 4.72 Å². The van der Waals surface area contributed by atoms with Crippen LogP contribution in [0.2, 0.25) is 0 Å². The number of benzene rings is 2. The minimum atomic E-state index is -3.73. The van der Waals surface area contributed by atoms with Gasteiger partial charge in [0.15, 0.2) is 0 Å². The largest absolute Gasteiger partial charge is 0.384 e. The average molecular weight is 349 g/mol. The van der Waals surface area contributed by atoms with E-state index in [0.29, 0.717) is 0 Å². The van der Waals surface area contributed by atoms with Gasteiger partial charge in [0, 0.05) is 5.56 Å². The molecule has 3 rings (SSSR count). The summed E-state index contributed by atoms with van der Waals surface area (Å²) in [6.07, 6.45) is 0. The highest BCUT2D eigenvalue weighted by atomic mass is 32.2. The maximum Gasteiger partial charge on any atom is 0.261 e. The molecule has 0 radical (unpaired) electrons. The molecule has 0 aliphatic carbocycles. The third kappa shape index (κ3) is 4.16. The molecule has 0 amide bonds. The van der Waals surface area contributed by atoms with Gasteiger partial charge in [-0.1, -0.05) is 42.3 Å². The first-order valence-electron chi connectivity index (χ1n) is 7.46. The minimum absolute atomic E-state index is 0.161. The molecule has 3 aromatic rings. The van der Waals surface area contributed by atoms with E-state index in [1.54, 1.807) is 24.3 Å². The molecule has 0 aliphatic heterocycles. The number of hydrogen-bond donors (Lipinski definition) is 2. The molecule has 0 unspecified atom stereocenters. The van der Waals surface area contributed by atoms with E-state index in [1.165, 1.54) is 18.2 Å². The van der Waals surface area contributed by atoms with Gasteiger partial charge in [-0.2, -0.15) is 0 Å². The van der Waals surface area contributed by atoms with Crippen LogP contribution < -0.4 is 10.5 Å². The summed E-state index contributed by atoms with van der Waals surface area (Å²) in [6, 6.07) is 20.5. The van der Waals surface area contributed by atoms with Crippen molar-refractivity contribution in [2.75, 3.05) is 10.5 Å². The molecular weight excluding hydrogens is 334 g/mol. The monoisotopic (exact) mass is 349 g/mol. The number of nitrogens with zero attached hydrogens (tertiary/aromatic N) is 1. The molecule has 0 saturated heterocycles. The Labute approximate surface area is 146 Å². The van der Waals surface area contributed by atoms with E-state index in [4.69, 9.17) is 5.73 Å². The van der Waals surface area contributed by atoms with Gasteiger partial charge in [-0.25, -0.2) is 13.4 Å². The molecule has 0 fully saturated rings. The van der Waals surface area contributed by atoms with Crippen LogP contribution in [0, 0.1) is 11.8 Å². The molecule has 3 N–H and O–H groups in total. The lowest BCUT2D eigenvalue weighted by molar-refractivity contribution is 0.601. The Bertz CT molecular complexity index is 1040. The summed E-state index contributed by atoms with van der Waals surface area (Å²) in [5, 5.41) is 0. The molecule has 1 heterocycles. The van der Waals surface area contributed by atoms with Gasteiger partial charge in [0.2, 0.25) is 0 Å². The Kier molecular flexibility index (Phi) is 4.68. The molecule has 124 valence electrons. The van der Waals surface area contributed by atoms with E-state index in [-0.39, 0.29) is 22.1 Å². The molecule has 5 nitrogen and oxygen atoms in total. The van der Waals surface area contributed by atoms with E-state index < -0.39 is 10.0 Å². The van der Waals surface area contributed by atoms with E-state index in [2.05, 4.69) is 21.5 Å². The number of aromatic nitrogens is 1. The Hall–Kier alpha value is -3.30. The zero-order valence-corrected chi connectivity index (χ0v) is 14.0. The SMILES string of the molecule is Nc1ccc(NS(=O)(=O)c2ccccc2)c(C#Cc2ccccc2)n1. The average Bonchev–Trinajstić information content (AvgIpc) is 2.63. The van der Waals surface area contributed by atoms with Crippen LogP contribution in [0.5, 0.6) is 0 Å². The van der Waals surface area contributed by atoms with Gasteiger partial charge in [0.25, 0.3) is 10.0 Å². The Morgan fingerprint density at radius 1 is 0.840 bits per heavy atom. The van der Waals surface area contributed by atoms with E-state index in [0.717, 1.165) is 5.56 Å². The van der Waals surface area contributed by atoms with Gasteiger partial charge in [0.1, 0.15) is 11.5 Å². The Morgan fingerprint density at radius 2 is 1.48 bits per heavy atom. The smallest absolute Gasteiger partial charge is 0.261 e. The second kappa shape index (κ2) is 7.07. The molecule has 0 bridgehead atoms. The number of anilines is 2. The molecule has 2 aromatic carbocycles. The van der Waals surface area contributed by atoms with Gasteiger partial charge in [0.05, 0.1) is 10.6 Å². The second-order valence-electron chi connectivity index (χ2n) is 5.17. The third-order valence-electron chi connectivity index (χ3n) is 3.31. The number of nitrogens with one attached hydrogen (secondary N) is 1. The number of sulfonamides is 1. The van der Waals surface area contributed by atoms with Crippen molar-refractivity contribution in [2.45, 2.75) is 4.90 Å². The van der Waals surface area contributed by atoms with Crippen LogP contribution in [0.25, 0.3) is 0 Å². The summed E-state index contributed by atoms with van der Waals surface area (Å²) in [4.78, 5) is 4.30. The molecule has 1 aromatic heterocycles. The van der Waals surface area contributed by atoms with Crippen molar-refractivity contribution in [1.29, 1.82) is 0 Å². The fourth-order valence-corrected chi connectivity index (χ4v) is 3.20. The van der Waals surface area contributed by atoms with Crippen molar-refractivity contribution in [3.63, 3.8) is 0 Å². The van der Waals surface area contributed by atoms with Crippen LogP contribution in [-0.4, -0.2) is 13.4 Å². The number of hydrogen-bond acceptors (Lipinski definition) is 4. The van der Waals surface area contributed by atoms with Crippen LogP contribution in [-0.2, 0) is 10.0 Å². The summed E-state index contributed by atoms with van der Waals surface area (Å²) in [6.45, 7) is 0. The predicted molar refractivity (Wildman–Crippen MR) is 98.3 cm³/mol. The second-order valence-corrected chi connectivity index (χ2v) is 6.85. The first kappa shape index (κ1) is 16.6. The van der Waals surface area contributed by atoms with E-state index in [9.17, 15) is 8.42 Å². The summed E-state index contributed by atoms with van der Waals surface area (Å²) >= 11 is 0. The van der Waals surface area contributed by atoms with Crippen molar-refractivity contribution in [1.82, 2.24) is 4.98 Å². The Balaban J connectivity index is 1.97. The van der Waals surface area contributed by atoms with E-state index in [1.807, 2.05) is 30.3 Å². The normalized spacial score (nSPS) is 10.6. The molecule has 0 atom stereocenters. The van der Waals surface area contributed by atoms with Crippen LogP contribution in [0.3, 0.4) is 0 Å².